The van der Waals surface area contributed by atoms with Gasteiger partial charge in [0.2, 0.25) is 0 Å². The first kappa shape index (κ1) is 8.55. The Bertz CT molecular complexity index is 128. The SMILES string of the molecule is CN1CC[C@H]2CCCC[C@H]2CC1. The zero-order valence-corrected chi connectivity index (χ0v) is 8.26. The van der Waals surface area contributed by atoms with Crippen LogP contribution in [0.25, 0.3) is 0 Å². The van der Waals surface area contributed by atoms with Crippen molar-refractivity contribution in [2.24, 2.45) is 11.8 Å². The van der Waals surface area contributed by atoms with Crippen molar-refractivity contribution in [3.63, 3.8) is 0 Å². The van der Waals surface area contributed by atoms with Crippen LogP contribution in [0, 0.1) is 11.8 Å². The molecule has 0 amide bonds. The fourth-order valence-electron chi connectivity index (χ4n) is 2.93. The lowest BCUT2D eigenvalue weighted by Crippen LogP contribution is -2.18. The largest absolute Gasteiger partial charge is 0.306 e. The fraction of sp³-hybridized carbons (Fsp3) is 1.00. The molecule has 1 saturated heterocycles. The molecule has 0 unspecified atom stereocenters. The molecule has 1 heteroatoms. The van der Waals surface area contributed by atoms with Gasteiger partial charge in [-0.1, -0.05) is 25.7 Å². The molecule has 0 N–H and O–H groups in total. The van der Waals surface area contributed by atoms with E-state index in [1.54, 1.807) is 0 Å². The highest BCUT2D eigenvalue weighted by Gasteiger charge is 2.27. The van der Waals surface area contributed by atoms with Gasteiger partial charge in [-0.3, -0.25) is 0 Å². The topological polar surface area (TPSA) is 3.24 Å². The standard InChI is InChI=1S/C11H21N/c1-12-8-6-10-4-2-3-5-11(10)7-9-12/h10-11H,2-9H2,1H3/t10-,11+. The Balaban J connectivity index is 1.94. The number of nitrogens with zero attached hydrogens (tertiary/aromatic N) is 1. The molecule has 0 spiro atoms. The Morgan fingerprint density at radius 3 is 1.83 bits per heavy atom. The van der Waals surface area contributed by atoms with Gasteiger partial charge in [0.1, 0.15) is 0 Å². The molecule has 1 saturated carbocycles. The first-order valence-electron chi connectivity index (χ1n) is 5.55. The van der Waals surface area contributed by atoms with Gasteiger partial charge in [0, 0.05) is 0 Å². The summed E-state index contributed by atoms with van der Waals surface area (Å²) >= 11 is 0. The van der Waals surface area contributed by atoms with Crippen LogP contribution in [0.3, 0.4) is 0 Å². The lowest BCUT2D eigenvalue weighted by molar-refractivity contribution is 0.230. The van der Waals surface area contributed by atoms with E-state index in [-0.39, 0.29) is 0 Å². The van der Waals surface area contributed by atoms with E-state index in [2.05, 4.69) is 11.9 Å². The molecule has 70 valence electrons. The van der Waals surface area contributed by atoms with Gasteiger partial charge in [-0.05, 0) is 44.8 Å². The maximum Gasteiger partial charge on any atom is -0.00190 e. The maximum absolute atomic E-state index is 2.51. The molecule has 0 bridgehead atoms. The minimum absolute atomic E-state index is 1.09. The number of hydrogen-bond donors (Lipinski definition) is 0. The molecule has 1 aliphatic carbocycles. The average Bonchev–Trinajstić information content (AvgIpc) is 2.29. The highest BCUT2D eigenvalue weighted by Crippen LogP contribution is 2.36. The van der Waals surface area contributed by atoms with Crippen molar-refractivity contribution in [2.75, 3.05) is 20.1 Å². The fourth-order valence-corrected chi connectivity index (χ4v) is 2.93. The summed E-state index contributed by atoms with van der Waals surface area (Å²) in [6.45, 7) is 2.70. The normalized spacial score (nSPS) is 38.8. The van der Waals surface area contributed by atoms with Gasteiger partial charge in [-0.15, -0.1) is 0 Å². The second-order valence-electron chi connectivity index (χ2n) is 4.69. The van der Waals surface area contributed by atoms with E-state index in [4.69, 9.17) is 0 Å². The van der Waals surface area contributed by atoms with Crippen LogP contribution in [0.15, 0.2) is 0 Å². The van der Waals surface area contributed by atoms with Crippen molar-refractivity contribution in [1.29, 1.82) is 0 Å². The first-order valence-corrected chi connectivity index (χ1v) is 5.55. The lowest BCUT2D eigenvalue weighted by atomic mass is 9.77. The van der Waals surface area contributed by atoms with Crippen LogP contribution in [0.4, 0.5) is 0 Å². The monoisotopic (exact) mass is 167 g/mol. The van der Waals surface area contributed by atoms with Gasteiger partial charge < -0.3 is 4.90 Å². The van der Waals surface area contributed by atoms with Crippen molar-refractivity contribution in [2.45, 2.75) is 38.5 Å². The highest BCUT2D eigenvalue weighted by atomic mass is 15.1. The van der Waals surface area contributed by atoms with Crippen molar-refractivity contribution >= 4 is 0 Å². The van der Waals surface area contributed by atoms with Gasteiger partial charge in [0.05, 0.1) is 0 Å². The molecule has 0 aromatic rings. The van der Waals surface area contributed by atoms with E-state index < -0.39 is 0 Å². The molecule has 12 heavy (non-hydrogen) atoms. The van der Waals surface area contributed by atoms with Crippen LogP contribution in [0.1, 0.15) is 38.5 Å². The number of fused-ring (bicyclic) bond motifs is 1. The molecule has 2 fully saturated rings. The van der Waals surface area contributed by atoms with Gasteiger partial charge in [-0.25, -0.2) is 0 Å². The van der Waals surface area contributed by atoms with Crippen LogP contribution in [-0.2, 0) is 0 Å². The number of hydrogen-bond acceptors (Lipinski definition) is 1. The van der Waals surface area contributed by atoms with Gasteiger partial charge in [0.15, 0.2) is 0 Å². The molecule has 0 aromatic carbocycles. The van der Waals surface area contributed by atoms with E-state index >= 15 is 0 Å². The third kappa shape index (κ3) is 1.82. The third-order valence-electron chi connectivity index (χ3n) is 3.83. The zero-order chi connectivity index (χ0) is 8.39. The summed E-state index contributed by atoms with van der Waals surface area (Å²) in [4.78, 5) is 2.51. The summed E-state index contributed by atoms with van der Waals surface area (Å²) in [6.07, 6.45) is 9.01. The molecule has 2 aliphatic rings. The van der Waals surface area contributed by atoms with Gasteiger partial charge in [0.25, 0.3) is 0 Å². The van der Waals surface area contributed by atoms with Gasteiger partial charge >= 0.3 is 0 Å². The summed E-state index contributed by atoms with van der Waals surface area (Å²) in [5, 5.41) is 0. The summed E-state index contributed by atoms with van der Waals surface area (Å²) in [5.74, 6) is 2.17. The second kappa shape index (κ2) is 3.78. The second-order valence-corrected chi connectivity index (χ2v) is 4.69. The van der Waals surface area contributed by atoms with Crippen LogP contribution >= 0.6 is 0 Å². The minimum atomic E-state index is 1.09. The van der Waals surface area contributed by atoms with E-state index in [0.717, 1.165) is 11.8 Å². The highest BCUT2D eigenvalue weighted by molar-refractivity contribution is 4.79. The molecular formula is C11H21N. The Kier molecular flexibility index (Phi) is 2.69. The van der Waals surface area contributed by atoms with Crippen LogP contribution in [0.2, 0.25) is 0 Å². The van der Waals surface area contributed by atoms with Gasteiger partial charge in [-0.2, -0.15) is 0 Å². The molecule has 2 atom stereocenters. The minimum Gasteiger partial charge on any atom is -0.306 e. The quantitative estimate of drug-likeness (QED) is 0.536. The molecule has 1 aliphatic heterocycles. The molecule has 2 rings (SSSR count). The Morgan fingerprint density at radius 1 is 0.833 bits per heavy atom. The smallest absolute Gasteiger partial charge is 0.00190 e. The summed E-state index contributed by atoms with van der Waals surface area (Å²) in [6, 6.07) is 0. The molecule has 1 heterocycles. The van der Waals surface area contributed by atoms with Crippen molar-refractivity contribution in [1.82, 2.24) is 4.90 Å². The molecule has 0 aromatic heterocycles. The van der Waals surface area contributed by atoms with Crippen LogP contribution in [0.5, 0.6) is 0 Å². The first-order chi connectivity index (χ1) is 5.86. The lowest BCUT2D eigenvalue weighted by Gasteiger charge is -2.29. The molecule has 0 radical (unpaired) electrons. The Labute approximate surface area is 76.1 Å². The molecular weight excluding hydrogens is 146 g/mol. The Hall–Kier alpha value is -0.0400. The third-order valence-corrected chi connectivity index (χ3v) is 3.83. The number of likely N-dealkylation sites (tertiary alicyclic amines) is 1. The van der Waals surface area contributed by atoms with Crippen molar-refractivity contribution in [3.8, 4) is 0 Å². The summed E-state index contributed by atoms with van der Waals surface area (Å²) < 4.78 is 0. The predicted octanol–water partition coefficient (Wildman–Crippen LogP) is 2.52. The van der Waals surface area contributed by atoms with Crippen LogP contribution < -0.4 is 0 Å². The number of rotatable bonds is 0. The maximum atomic E-state index is 2.51. The van der Waals surface area contributed by atoms with Crippen molar-refractivity contribution in [3.05, 3.63) is 0 Å². The zero-order valence-electron chi connectivity index (χ0n) is 8.26. The summed E-state index contributed by atoms with van der Waals surface area (Å²) in [7, 11) is 2.28. The Morgan fingerprint density at radius 2 is 1.33 bits per heavy atom. The molecule has 1 nitrogen and oxygen atoms in total. The van der Waals surface area contributed by atoms with E-state index in [9.17, 15) is 0 Å². The van der Waals surface area contributed by atoms with Crippen molar-refractivity contribution < 1.29 is 0 Å². The predicted molar refractivity (Wildman–Crippen MR) is 52.2 cm³/mol. The van der Waals surface area contributed by atoms with E-state index in [0.29, 0.717) is 0 Å². The van der Waals surface area contributed by atoms with E-state index in [1.165, 1.54) is 51.6 Å². The summed E-state index contributed by atoms with van der Waals surface area (Å²) in [5.41, 5.74) is 0. The van der Waals surface area contributed by atoms with Crippen LogP contribution in [-0.4, -0.2) is 25.0 Å². The average molecular weight is 167 g/mol. The van der Waals surface area contributed by atoms with E-state index in [1.807, 2.05) is 0 Å².